The summed E-state index contributed by atoms with van der Waals surface area (Å²) in [5.74, 6) is -0.213. The van der Waals surface area contributed by atoms with Crippen molar-refractivity contribution >= 4 is 16.9 Å². The molecule has 0 aliphatic heterocycles. The third kappa shape index (κ3) is 3.60. The van der Waals surface area contributed by atoms with Gasteiger partial charge in [0.25, 0.3) is 5.56 Å². The number of aryl methyl sites for hydroxylation is 1. The van der Waals surface area contributed by atoms with Crippen LogP contribution in [-0.4, -0.2) is 25.2 Å². The molecule has 2 aromatic heterocycles. The van der Waals surface area contributed by atoms with Crippen molar-refractivity contribution < 1.29 is 4.79 Å². The van der Waals surface area contributed by atoms with Crippen LogP contribution in [0.1, 0.15) is 31.4 Å². The van der Waals surface area contributed by atoms with E-state index in [9.17, 15) is 9.59 Å². The molecule has 0 saturated carbocycles. The van der Waals surface area contributed by atoms with E-state index in [1.165, 1.54) is 21.8 Å². The normalized spacial score (nSPS) is 12.2. The van der Waals surface area contributed by atoms with Crippen LogP contribution >= 0.6 is 0 Å². The Bertz CT molecular complexity index is 930. The number of nitrogens with zero attached hydrogens (tertiary/aromatic N) is 4. The summed E-state index contributed by atoms with van der Waals surface area (Å²) in [7, 11) is 1.72. The molecule has 0 aliphatic carbocycles. The van der Waals surface area contributed by atoms with Gasteiger partial charge >= 0.3 is 0 Å². The van der Waals surface area contributed by atoms with Crippen molar-refractivity contribution in [3.63, 3.8) is 0 Å². The molecule has 7 heteroatoms. The van der Waals surface area contributed by atoms with Gasteiger partial charge in [-0.3, -0.25) is 18.8 Å². The maximum absolute atomic E-state index is 12.4. The van der Waals surface area contributed by atoms with E-state index >= 15 is 0 Å². The van der Waals surface area contributed by atoms with Gasteiger partial charge in [-0.2, -0.15) is 5.10 Å². The number of hydrogen-bond donors (Lipinski definition) is 1. The fourth-order valence-corrected chi connectivity index (χ4v) is 2.87. The molecule has 0 saturated heterocycles. The Morgan fingerprint density at radius 1 is 1.28 bits per heavy atom. The van der Waals surface area contributed by atoms with Crippen molar-refractivity contribution in [3.8, 4) is 0 Å². The molecule has 0 unspecified atom stereocenters. The SMILES string of the molecule is CCC[C@H](NC(=O)Cn1cnc2c(cnn2C)c1=O)c1ccccc1. The maximum atomic E-state index is 12.4. The lowest BCUT2D eigenvalue weighted by Crippen LogP contribution is -2.34. The van der Waals surface area contributed by atoms with E-state index in [1.54, 1.807) is 7.05 Å². The summed E-state index contributed by atoms with van der Waals surface area (Å²) in [6, 6.07) is 9.78. The molecule has 0 aliphatic rings. The molecule has 130 valence electrons. The highest BCUT2D eigenvalue weighted by molar-refractivity contribution is 5.77. The van der Waals surface area contributed by atoms with Crippen LogP contribution in [0.3, 0.4) is 0 Å². The summed E-state index contributed by atoms with van der Waals surface area (Å²) in [5.41, 5.74) is 1.31. The van der Waals surface area contributed by atoms with E-state index in [-0.39, 0.29) is 24.1 Å². The lowest BCUT2D eigenvalue weighted by Gasteiger charge is -2.19. The number of benzene rings is 1. The molecular weight excluding hydrogens is 318 g/mol. The molecule has 0 fully saturated rings. The van der Waals surface area contributed by atoms with Crippen molar-refractivity contribution in [2.45, 2.75) is 32.4 Å². The third-order valence-electron chi connectivity index (χ3n) is 4.15. The molecule has 0 bridgehead atoms. The minimum Gasteiger partial charge on any atom is -0.348 e. The quantitative estimate of drug-likeness (QED) is 0.742. The van der Waals surface area contributed by atoms with Gasteiger partial charge in [-0.1, -0.05) is 43.7 Å². The Hall–Kier alpha value is -2.96. The van der Waals surface area contributed by atoms with Crippen LogP contribution < -0.4 is 10.9 Å². The third-order valence-corrected chi connectivity index (χ3v) is 4.15. The minimum absolute atomic E-state index is 0.0653. The zero-order chi connectivity index (χ0) is 17.8. The lowest BCUT2D eigenvalue weighted by atomic mass is 10.0. The molecule has 1 aromatic carbocycles. The van der Waals surface area contributed by atoms with Crippen LogP contribution in [0.4, 0.5) is 0 Å². The predicted octanol–water partition coefficient (Wildman–Crippen LogP) is 1.79. The molecule has 7 nitrogen and oxygen atoms in total. The molecule has 0 radical (unpaired) electrons. The van der Waals surface area contributed by atoms with Crippen LogP contribution in [0.25, 0.3) is 11.0 Å². The van der Waals surface area contributed by atoms with Gasteiger partial charge in [0.2, 0.25) is 5.91 Å². The number of hydrogen-bond acceptors (Lipinski definition) is 4. The largest absolute Gasteiger partial charge is 0.348 e. The monoisotopic (exact) mass is 339 g/mol. The minimum atomic E-state index is -0.264. The highest BCUT2D eigenvalue weighted by Gasteiger charge is 2.15. The number of fused-ring (bicyclic) bond motifs is 1. The average Bonchev–Trinajstić information content (AvgIpc) is 2.99. The molecule has 25 heavy (non-hydrogen) atoms. The first kappa shape index (κ1) is 16.9. The molecule has 0 spiro atoms. The number of nitrogens with one attached hydrogen (secondary N) is 1. The molecular formula is C18H21N5O2. The van der Waals surface area contributed by atoms with Crippen molar-refractivity contribution in [2.75, 3.05) is 0 Å². The second kappa shape index (κ2) is 7.29. The summed E-state index contributed by atoms with van der Waals surface area (Å²) < 4.78 is 2.85. The first-order chi connectivity index (χ1) is 12.1. The van der Waals surface area contributed by atoms with E-state index in [4.69, 9.17) is 0 Å². The topological polar surface area (TPSA) is 81.8 Å². The second-order valence-electron chi connectivity index (χ2n) is 6.00. The Morgan fingerprint density at radius 2 is 2.04 bits per heavy atom. The highest BCUT2D eigenvalue weighted by Crippen LogP contribution is 2.18. The lowest BCUT2D eigenvalue weighted by molar-refractivity contribution is -0.122. The molecule has 3 rings (SSSR count). The first-order valence-corrected chi connectivity index (χ1v) is 8.31. The van der Waals surface area contributed by atoms with Gasteiger partial charge in [0, 0.05) is 7.05 Å². The summed E-state index contributed by atoms with van der Waals surface area (Å²) in [4.78, 5) is 29.1. The summed E-state index contributed by atoms with van der Waals surface area (Å²) in [6.07, 6.45) is 4.65. The van der Waals surface area contributed by atoms with Crippen LogP contribution in [0.15, 0.2) is 47.7 Å². The fraction of sp³-hybridized carbons (Fsp3) is 0.333. The standard InChI is InChI=1S/C18H21N5O2/c1-3-7-15(13-8-5-4-6-9-13)21-16(24)11-23-12-19-17-14(18(23)25)10-20-22(17)2/h4-6,8-10,12,15H,3,7,11H2,1-2H3,(H,21,24)/t15-/m0/s1. The summed E-state index contributed by atoms with van der Waals surface area (Å²) >= 11 is 0. The van der Waals surface area contributed by atoms with Crippen LogP contribution in [0.2, 0.25) is 0 Å². The molecule has 1 amide bonds. The van der Waals surface area contributed by atoms with E-state index in [0.717, 1.165) is 18.4 Å². The van der Waals surface area contributed by atoms with Crippen molar-refractivity contribution in [3.05, 3.63) is 58.8 Å². The predicted molar refractivity (Wildman–Crippen MR) is 95.0 cm³/mol. The first-order valence-electron chi connectivity index (χ1n) is 8.31. The van der Waals surface area contributed by atoms with Crippen LogP contribution in [0.5, 0.6) is 0 Å². The zero-order valence-corrected chi connectivity index (χ0v) is 14.3. The van der Waals surface area contributed by atoms with E-state index in [1.807, 2.05) is 30.3 Å². The average molecular weight is 339 g/mol. The van der Waals surface area contributed by atoms with Crippen LogP contribution in [0, 0.1) is 0 Å². The van der Waals surface area contributed by atoms with Crippen molar-refractivity contribution in [1.82, 2.24) is 24.6 Å². The fourth-order valence-electron chi connectivity index (χ4n) is 2.87. The molecule has 1 N–H and O–H groups in total. The van der Waals surface area contributed by atoms with Crippen LogP contribution in [-0.2, 0) is 18.4 Å². The smallest absolute Gasteiger partial charge is 0.264 e. The Morgan fingerprint density at radius 3 is 2.76 bits per heavy atom. The number of amides is 1. The molecule has 2 heterocycles. The van der Waals surface area contributed by atoms with Crippen molar-refractivity contribution in [1.29, 1.82) is 0 Å². The van der Waals surface area contributed by atoms with Gasteiger partial charge in [-0.25, -0.2) is 4.98 Å². The van der Waals surface area contributed by atoms with E-state index in [2.05, 4.69) is 22.3 Å². The maximum Gasteiger partial charge on any atom is 0.264 e. The zero-order valence-electron chi connectivity index (χ0n) is 14.3. The van der Waals surface area contributed by atoms with Gasteiger partial charge in [0.05, 0.1) is 12.2 Å². The van der Waals surface area contributed by atoms with E-state index in [0.29, 0.717) is 11.0 Å². The van der Waals surface area contributed by atoms with Crippen molar-refractivity contribution in [2.24, 2.45) is 7.05 Å². The number of carbonyl (C=O) groups excluding carboxylic acids is 1. The summed E-state index contributed by atoms with van der Waals surface area (Å²) in [6.45, 7) is 2.01. The van der Waals surface area contributed by atoms with E-state index < -0.39 is 0 Å². The van der Waals surface area contributed by atoms with Gasteiger partial charge in [-0.05, 0) is 12.0 Å². The molecule has 1 atom stereocenters. The van der Waals surface area contributed by atoms with Gasteiger partial charge in [-0.15, -0.1) is 0 Å². The molecule has 3 aromatic rings. The number of carbonyl (C=O) groups is 1. The second-order valence-corrected chi connectivity index (χ2v) is 6.00. The Kier molecular flexibility index (Phi) is 4.92. The number of rotatable bonds is 6. The Labute approximate surface area is 145 Å². The summed E-state index contributed by atoms with van der Waals surface area (Å²) in [5, 5.41) is 7.45. The van der Waals surface area contributed by atoms with Gasteiger partial charge in [0.1, 0.15) is 18.3 Å². The Balaban J connectivity index is 1.77. The van der Waals surface area contributed by atoms with Gasteiger partial charge < -0.3 is 5.32 Å². The number of aromatic nitrogens is 4. The van der Waals surface area contributed by atoms with Gasteiger partial charge in [0.15, 0.2) is 5.65 Å². The highest BCUT2D eigenvalue weighted by atomic mass is 16.2.